The molecule has 1 aromatic carbocycles. The molecule has 0 unspecified atom stereocenters. The summed E-state index contributed by atoms with van der Waals surface area (Å²) in [4.78, 5) is 0. The third kappa shape index (κ3) is 1.21. The lowest BCUT2D eigenvalue weighted by molar-refractivity contribution is 0.321. The lowest BCUT2D eigenvalue weighted by atomic mass is 10.0. The van der Waals surface area contributed by atoms with E-state index in [0.29, 0.717) is 6.54 Å². The minimum atomic E-state index is 0.0360. The molecule has 1 heterocycles. The molecule has 0 atom stereocenters. The standard InChI is InChI=1S/C10H10NO/c12-7-10-5-8-3-1-2-4-9(8)6-11-10/h1-5,12H,6-7H2. The first kappa shape index (κ1) is 7.37. The summed E-state index contributed by atoms with van der Waals surface area (Å²) >= 11 is 0. The summed E-state index contributed by atoms with van der Waals surface area (Å²) in [6, 6.07) is 8.10. The van der Waals surface area contributed by atoms with E-state index in [1.54, 1.807) is 0 Å². The van der Waals surface area contributed by atoms with Crippen molar-refractivity contribution in [3.8, 4) is 0 Å². The van der Waals surface area contributed by atoms with Gasteiger partial charge in [0.15, 0.2) is 0 Å². The zero-order valence-electron chi connectivity index (χ0n) is 6.70. The van der Waals surface area contributed by atoms with Crippen LogP contribution < -0.4 is 5.32 Å². The summed E-state index contributed by atoms with van der Waals surface area (Å²) < 4.78 is 0. The molecule has 1 radical (unpaired) electrons. The van der Waals surface area contributed by atoms with E-state index in [0.717, 1.165) is 5.70 Å². The number of nitrogens with zero attached hydrogens (tertiary/aromatic N) is 1. The first-order chi connectivity index (χ1) is 5.90. The van der Waals surface area contributed by atoms with Crippen molar-refractivity contribution in [3.63, 3.8) is 0 Å². The fourth-order valence-electron chi connectivity index (χ4n) is 1.33. The molecule has 1 aliphatic heterocycles. The van der Waals surface area contributed by atoms with E-state index >= 15 is 0 Å². The average molecular weight is 160 g/mol. The molecule has 0 aliphatic carbocycles. The summed E-state index contributed by atoms with van der Waals surface area (Å²) in [5, 5.41) is 13.1. The van der Waals surface area contributed by atoms with Crippen LogP contribution in [0.3, 0.4) is 0 Å². The molecule has 2 heteroatoms. The number of hydrogen-bond donors (Lipinski definition) is 1. The van der Waals surface area contributed by atoms with Gasteiger partial charge in [0.2, 0.25) is 0 Å². The molecule has 1 aliphatic rings. The van der Waals surface area contributed by atoms with Crippen molar-refractivity contribution in [1.82, 2.24) is 5.32 Å². The quantitative estimate of drug-likeness (QED) is 0.656. The summed E-state index contributed by atoms with van der Waals surface area (Å²) in [6.45, 7) is 0.733. The second kappa shape index (κ2) is 2.99. The minimum Gasteiger partial charge on any atom is -0.390 e. The highest BCUT2D eigenvalue weighted by Crippen LogP contribution is 2.17. The van der Waals surface area contributed by atoms with Crippen molar-refractivity contribution < 1.29 is 5.11 Å². The van der Waals surface area contributed by atoms with Crippen LogP contribution in [0.5, 0.6) is 0 Å². The van der Waals surface area contributed by atoms with E-state index in [1.165, 1.54) is 11.1 Å². The highest BCUT2D eigenvalue weighted by molar-refractivity contribution is 5.58. The number of rotatable bonds is 1. The summed E-state index contributed by atoms with van der Waals surface area (Å²) in [6.07, 6.45) is 1.93. The van der Waals surface area contributed by atoms with Gasteiger partial charge in [-0.1, -0.05) is 24.3 Å². The SMILES string of the molecule is OCC1=Cc2ccccc2C[N]1. The molecule has 1 N–H and O–H groups in total. The van der Waals surface area contributed by atoms with Crippen LogP contribution in [0.1, 0.15) is 11.1 Å². The fraction of sp³-hybridized carbons (Fsp3) is 0.200. The van der Waals surface area contributed by atoms with Crippen LogP contribution >= 0.6 is 0 Å². The molecule has 0 fully saturated rings. The van der Waals surface area contributed by atoms with E-state index < -0.39 is 0 Å². The number of benzene rings is 1. The van der Waals surface area contributed by atoms with Gasteiger partial charge >= 0.3 is 0 Å². The van der Waals surface area contributed by atoms with Crippen LogP contribution in [0, 0.1) is 0 Å². The van der Waals surface area contributed by atoms with Crippen LogP contribution in [0.25, 0.3) is 6.08 Å². The second-order valence-electron chi connectivity index (χ2n) is 2.81. The normalized spacial score (nSPS) is 14.6. The molecule has 0 spiro atoms. The Morgan fingerprint density at radius 1 is 1.33 bits per heavy atom. The zero-order chi connectivity index (χ0) is 8.39. The van der Waals surface area contributed by atoms with E-state index in [2.05, 4.69) is 11.4 Å². The highest BCUT2D eigenvalue weighted by Gasteiger charge is 2.08. The van der Waals surface area contributed by atoms with E-state index in [4.69, 9.17) is 5.11 Å². The first-order valence-electron chi connectivity index (χ1n) is 3.97. The molecule has 0 saturated carbocycles. The molecule has 1 aromatic rings. The van der Waals surface area contributed by atoms with Gasteiger partial charge in [0.1, 0.15) is 0 Å². The van der Waals surface area contributed by atoms with Crippen LogP contribution in [0.4, 0.5) is 0 Å². The Hall–Kier alpha value is -1.28. The second-order valence-corrected chi connectivity index (χ2v) is 2.81. The highest BCUT2D eigenvalue weighted by atomic mass is 16.3. The Kier molecular flexibility index (Phi) is 1.84. The van der Waals surface area contributed by atoms with Gasteiger partial charge in [0, 0.05) is 0 Å². The third-order valence-corrected chi connectivity index (χ3v) is 1.99. The van der Waals surface area contributed by atoms with Crippen molar-refractivity contribution in [2.45, 2.75) is 6.54 Å². The van der Waals surface area contributed by atoms with Crippen molar-refractivity contribution in [3.05, 3.63) is 41.1 Å². The summed E-state index contributed by atoms with van der Waals surface area (Å²) in [5.74, 6) is 0. The van der Waals surface area contributed by atoms with Crippen LogP contribution in [0.15, 0.2) is 30.0 Å². The van der Waals surface area contributed by atoms with Gasteiger partial charge in [-0.25, -0.2) is 0 Å². The predicted molar refractivity (Wildman–Crippen MR) is 47.3 cm³/mol. The van der Waals surface area contributed by atoms with Gasteiger partial charge < -0.3 is 5.11 Å². The van der Waals surface area contributed by atoms with Crippen molar-refractivity contribution >= 4 is 6.08 Å². The molecule has 0 aromatic heterocycles. The monoisotopic (exact) mass is 160 g/mol. The molecule has 0 bridgehead atoms. The maximum Gasteiger partial charge on any atom is 0.0848 e. The Morgan fingerprint density at radius 3 is 3.00 bits per heavy atom. The smallest absolute Gasteiger partial charge is 0.0848 e. The molecular formula is C10H10NO. The summed E-state index contributed by atoms with van der Waals surface area (Å²) in [7, 11) is 0. The van der Waals surface area contributed by atoms with E-state index in [-0.39, 0.29) is 6.61 Å². The van der Waals surface area contributed by atoms with Crippen LogP contribution in [0.2, 0.25) is 0 Å². The number of aliphatic hydroxyl groups is 1. The van der Waals surface area contributed by atoms with Gasteiger partial charge in [0.25, 0.3) is 0 Å². The van der Waals surface area contributed by atoms with E-state index in [9.17, 15) is 0 Å². The largest absolute Gasteiger partial charge is 0.390 e. The van der Waals surface area contributed by atoms with Crippen LogP contribution in [-0.4, -0.2) is 11.7 Å². The minimum absolute atomic E-state index is 0.0360. The maximum atomic E-state index is 8.85. The van der Waals surface area contributed by atoms with Gasteiger partial charge in [-0.3, -0.25) is 5.32 Å². The van der Waals surface area contributed by atoms with Gasteiger partial charge in [-0.05, 0) is 17.2 Å². The van der Waals surface area contributed by atoms with Crippen molar-refractivity contribution in [2.75, 3.05) is 6.61 Å². The fourth-order valence-corrected chi connectivity index (χ4v) is 1.33. The molecular weight excluding hydrogens is 150 g/mol. The van der Waals surface area contributed by atoms with Crippen molar-refractivity contribution in [1.29, 1.82) is 0 Å². The number of aliphatic hydroxyl groups excluding tert-OH is 1. The first-order valence-corrected chi connectivity index (χ1v) is 3.97. The Balaban J connectivity index is 2.41. The zero-order valence-corrected chi connectivity index (χ0v) is 6.70. The molecule has 61 valence electrons. The van der Waals surface area contributed by atoms with E-state index in [1.807, 2.05) is 24.3 Å². The lowest BCUT2D eigenvalue weighted by Gasteiger charge is -2.14. The molecule has 0 amide bonds. The van der Waals surface area contributed by atoms with Crippen LogP contribution in [-0.2, 0) is 6.54 Å². The Morgan fingerprint density at radius 2 is 2.17 bits per heavy atom. The van der Waals surface area contributed by atoms with Gasteiger partial charge in [-0.15, -0.1) is 0 Å². The molecule has 2 rings (SSSR count). The maximum absolute atomic E-state index is 8.85. The number of fused-ring (bicyclic) bond motifs is 1. The number of hydrogen-bond acceptors (Lipinski definition) is 1. The third-order valence-electron chi connectivity index (χ3n) is 1.99. The topological polar surface area (TPSA) is 34.3 Å². The predicted octanol–water partition coefficient (Wildman–Crippen LogP) is 1.14. The van der Waals surface area contributed by atoms with Gasteiger partial charge in [-0.2, -0.15) is 0 Å². The lowest BCUT2D eigenvalue weighted by Crippen LogP contribution is -2.13. The Labute approximate surface area is 71.5 Å². The molecule has 2 nitrogen and oxygen atoms in total. The molecule has 0 saturated heterocycles. The average Bonchev–Trinajstić information content (AvgIpc) is 2.17. The molecule has 12 heavy (non-hydrogen) atoms. The summed E-state index contributed by atoms with van der Waals surface area (Å²) in [5.41, 5.74) is 3.18. The van der Waals surface area contributed by atoms with Gasteiger partial charge in [0.05, 0.1) is 18.8 Å². The van der Waals surface area contributed by atoms with Crippen molar-refractivity contribution in [2.24, 2.45) is 0 Å². The Bertz CT molecular complexity index is 317.